The molecule has 1 aromatic rings. The number of amidine groups is 1. The van der Waals surface area contributed by atoms with Crippen LogP contribution in [0.25, 0.3) is 0 Å². The van der Waals surface area contributed by atoms with Gasteiger partial charge in [-0.2, -0.15) is 8.42 Å². The average Bonchev–Trinajstić information content (AvgIpc) is 2.82. The van der Waals surface area contributed by atoms with E-state index in [1.807, 2.05) is 6.92 Å². The van der Waals surface area contributed by atoms with E-state index in [-0.39, 0.29) is 4.90 Å². The van der Waals surface area contributed by atoms with Gasteiger partial charge in [-0.25, -0.2) is 4.99 Å². The van der Waals surface area contributed by atoms with Gasteiger partial charge in [-0.1, -0.05) is 17.7 Å². The van der Waals surface area contributed by atoms with Crippen molar-refractivity contribution >= 4 is 16.1 Å². The molecule has 18 heavy (non-hydrogen) atoms. The van der Waals surface area contributed by atoms with Crippen LogP contribution in [0.2, 0.25) is 0 Å². The summed E-state index contributed by atoms with van der Waals surface area (Å²) in [5.41, 5.74) is 0.956. The van der Waals surface area contributed by atoms with E-state index in [1.165, 1.54) is 12.1 Å². The number of benzene rings is 1. The number of nitrogens with zero attached hydrogens (tertiary/aromatic N) is 1. The van der Waals surface area contributed by atoms with Crippen molar-refractivity contribution in [1.29, 1.82) is 0 Å². The second-order valence-electron chi connectivity index (χ2n) is 3.59. The van der Waals surface area contributed by atoms with Gasteiger partial charge >= 0.3 is 0 Å². The highest BCUT2D eigenvalue weighted by molar-refractivity contribution is 7.85. The molecule has 1 aliphatic heterocycles. The molecule has 1 aromatic carbocycles. The minimum absolute atomic E-state index is 0.0666. The highest BCUT2D eigenvalue weighted by atomic mass is 32.2. The summed E-state index contributed by atoms with van der Waals surface area (Å²) in [6, 6.07) is 6.65. The van der Waals surface area contributed by atoms with E-state index in [2.05, 4.69) is 10.3 Å². The minimum atomic E-state index is -4.02. The van der Waals surface area contributed by atoms with Crippen LogP contribution in [0.3, 0.4) is 0 Å². The van der Waals surface area contributed by atoms with E-state index >= 15 is 0 Å². The van der Waals surface area contributed by atoms with Gasteiger partial charge in [0, 0.05) is 7.05 Å². The van der Waals surface area contributed by atoms with Gasteiger partial charge in [0.1, 0.15) is 6.61 Å². The molecule has 0 saturated carbocycles. The monoisotopic (exact) mass is 272 g/mol. The zero-order valence-corrected chi connectivity index (χ0v) is 11.1. The van der Waals surface area contributed by atoms with Crippen molar-refractivity contribution < 1.29 is 17.7 Å². The van der Waals surface area contributed by atoms with Crippen LogP contribution in [0.15, 0.2) is 34.2 Å². The third-order valence-electron chi connectivity index (χ3n) is 2.14. The van der Waals surface area contributed by atoms with Crippen molar-refractivity contribution in [3.05, 3.63) is 29.8 Å². The van der Waals surface area contributed by atoms with Crippen LogP contribution in [-0.4, -0.2) is 39.2 Å². The molecule has 0 spiro atoms. The maximum Gasteiger partial charge on any atom is 0.294 e. The van der Waals surface area contributed by atoms with Crippen molar-refractivity contribution in [3.8, 4) is 0 Å². The first kappa shape index (κ1) is 14.5. The maximum atomic E-state index is 10.5. The zero-order chi connectivity index (χ0) is 13.6. The molecule has 0 unspecified atom stereocenters. The lowest BCUT2D eigenvalue weighted by atomic mass is 10.2. The number of ether oxygens (including phenoxy) is 1. The van der Waals surface area contributed by atoms with E-state index in [1.54, 1.807) is 19.2 Å². The van der Waals surface area contributed by atoms with Crippen LogP contribution < -0.4 is 5.32 Å². The molecule has 2 N–H and O–H groups in total. The Hall–Kier alpha value is -1.60. The molecule has 2 rings (SSSR count). The van der Waals surface area contributed by atoms with Crippen LogP contribution in [0.4, 0.5) is 0 Å². The van der Waals surface area contributed by atoms with Gasteiger partial charge in [0.25, 0.3) is 16.1 Å². The minimum Gasteiger partial charge on any atom is -0.463 e. The number of rotatable bonds is 1. The molecule has 6 nitrogen and oxygen atoms in total. The number of aryl methyl sites for hydroxylation is 1. The Balaban J connectivity index is 0.000000199. The maximum absolute atomic E-state index is 10.5. The third-order valence-corrected chi connectivity index (χ3v) is 3.01. The summed E-state index contributed by atoms with van der Waals surface area (Å²) in [6.07, 6.45) is 0. The first-order valence-corrected chi connectivity index (χ1v) is 6.75. The van der Waals surface area contributed by atoms with Crippen molar-refractivity contribution in [3.63, 3.8) is 0 Å². The van der Waals surface area contributed by atoms with E-state index < -0.39 is 10.1 Å². The van der Waals surface area contributed by atoms with Gasteiger partial charge in [0.05, 0.1) is 11.4 Å². The van der Waals surface area contributed by atoms with Gasteiger partial charge in [-0.3, -0.25) is 4.55 Å². The molecule has 1 saturated heterocycles. The highest BCUT2D eigenvalue weighted by Gasteiger charge is 2.06. The fourth-order valence-electron chi connectivity index (χ4n) is 1.21. The number of hydrogen-bond acceptors (Lipinski definition) is 4. The van der Waals surface area contributed by atoms with Crippen molar-refractivity contribution in [2.24, 2.45) is 4.99 Å². The third kappa shape index (κ3) is 4.72. The van der Waals surface area contributed by atoms with Crippen LogP contribution in [0.5, 0.6) is 0 Å². The second kappa shape index (κ2) is 6.36. The van der Waals surface area contributed by atoms with Gasteiger partial charge < -0.3 is 10.1 Å². The zero-order valence-electron chi connectivity index (χ0n) is 10.3. The molecule has 1 fully saturated rings. The van der Waals surface area contributed by atoms with Crippen molar-refractivity contribution in [2.45, 2.75) is 11.8 Å². The molecule has 0 radical (unpaired) electrons. The Morgan fingerprint density at radius 1 is 1.33 bits per heavy atom. The van der Waals surface area contributed by atoms with Crippen LogP contribution in [0, 0.1) is 6.92 Å². The Bertz CT molecular complexity index is 500. The molecular formula is C11H16N2O4S. The summed E-state index contributed by atoms with van der Waals surface area (Å²) < 4.78 is 34.5. The van der Waals surface area contributed by atoms with Gasteiger partial charge in [-0.15, -0.1) is 0 Å². The average molecular weight is 272 g/mol. The highest BCUT2D eigenvalue weighted by Crippen LogP contribution is 2.08. The van der Waals surface area contributed by atoms with Gasteiger partial charge in [0.15, 0.2) is 0 Å². The largest absolute Gasteiger partial charge is 0.463 e. The van der Waals surface area contributed by atoms with E-state index in [4.69, 9.17) is 9.29 Å². The van der Waals surface area contributed by atoms with Crippen LogP contribution in [0.1, 0.15) is 5.56 Å². The van der Waals surface area contributed by atoms with Crippen molar-refractivity contribution in [1.82, 2.24) is 5.32 Å². The van der Waals surface area contributed by atoms with E-state index in [0.717, 1.165) is 18.7 Å². The van der Waals surface area contributed by atoms with Crippen LogP contribution >= 0.6 is 0 Å². The summed E-state index contributed by atoms with van der Waals surface area (Å²) >= 11 is 0. The molecule has 0 aromatic heterocycles. The Morgan fingerprint density at radius 2 is 1.94 bits per heavy atom. The lowest BCUT2D eigenvalue weighted by molar-refractivity contribution is 0.352. The summed E-state index contributed by atoms with van der Waals surface area (Å²) in [5, 5.41) is 2.93. The topological polar surface area (TPSA) is 88.0 Å². The van der Waals surface area contributed by atoms with Gasteiger partial charge in [0.2, 0.25) is 0 Å². The molecular weight excluding hydrogens is 256 g/mol. The van der Waals surface area contributed by atoms with E-state index in [9.17, 15) is 8.42 Å². The van der Waals surface area contributed by atoms with Crippen LogP contribution in [-0.2, 0) is 14.9 Å². The number of hydrogen-bond donors (Lipinski definition) is 2. The predicted octanol–water partition coefficient (Wildman–Crippen LogP) is 0.834. The van der Waals surface area contributed by atoms with E-state index in [0.29, 0.717) is 6.02 Å². The molecule has 0 bridgehead atoms. The quantitative estimate of drug-likeness (QED) is 0.739. The molecule has 1 aliphatic rings. The number of aliphatic imine (C=N–C) groups is 1. The summed E-state index contributed by atoms with van der Waals surface area (Å²) in [7, 11) is -2.32. The molecule has 0 amide bonds. The lowest BCUT2D eigenvalue weighted by Crippen LogP contribution is -2.14. The Labute approximate surface area is 106 Å². The van der Waals surface area contributed by atoms with Crippen molar-refractivity contribution in [2.75, 3.05) is 20.2 Å². The summed E-state index contributed by atoms with van der Waals surface area (Å²) in [4.78, 5) is 3.70. The molecule has 0 atom stereocenters. The molecule has 0 aliphatic carbocycles. The SMILES string of the molecule is CN=C1NCCO1.Cc1ccc(S(=O)(=O)O)cc1. The predicted molar refractivity (Wildman–Crippen MR) is 68.3 cm³/mol. The Kier molecular flexibility index (Phi) is 5.11. The van der Waals surface area contributed by atoms with Gasteiger partial charge in [-0.05, 0) is 19.1 Å². The normalized spacial score (nSPS) is 16.5. The first-order chi connectivity index (χ1) is 8.43. The molecule has 100 valence electrons. The molecule has 7 heteroatoms. The fourth-order valence-corrected chi connectivity index (χ4v) is 1.69. The second-order valence-corrected chi connectivity index (χ2v) is 5.01. The summed E-state index contributed by atoms with van der Waals surface area (Å²) in [6.45, 7) is 3.49. The smallest absolute Gasteiger partial charge is 0.294 e. The number of nitrogens with one attached hydrogen (secondary N) is 1. The molecule has 1 heterocycles. The standard InChI is InChI=1S/C7H8O3S.C4H8N2O/c1-6-2-4-7(5-3-6)11(8,9)10;1-5-4-6-2-3-7-4/h2-5H,1H3,(H,8,9,10);2-3H2,1H3,(H,5,6). The first-order valence-electron chi connectivity index (χ1n) is 5.31. The lowest BCUT2D eigenvalue weighted by Gasteiger charge is -1.95. The Morgan fingerprint density at radius 3 is 2.28 bits per heavy atom. The summed E-state index contributed by atoms with van der Waals surface area (Å²) in [5.74, 6) is 0. The fraction of sp³-hybridized carbons (Fsp3) is 0.364.